The third-order valence-corrected chi connectivity index (χ3v) is 6.80. The van der Waals surface area contributed by atoms with Crippen molar-refractivity contribution in [1.82, 2.24) is 15.0 Å². The average molecular weight is 369 g/mol. The highest BCUT2D eigenvalue weighted by Gasteiger charge is 2.19. The molecule has 3 aromatic rings. The van der Waals surface area contributed by atoms with Crippen molar-refractivity contribution in [2.24, 2.45) is 0 Å². The third kappa shape index (κ3) is 3.29. The molecule has 0 fully saturated rings. The lowest BCUT2D eigenvalue weighted by Gasteiger charge is -2.01. The van der Waals surface area contributed by atoms with Crippen LogP contribution in [0.3, 0.4) is 0 Å². The van der Waals surface area contributed by atoms with E-state index >= 15 is 0 Å². The lowest BCUT2D eigenvalue weighted by atomic mass is 10.3. The Kier molecular flexibility index (Phi) is 4.43. The number of sulfonamides is 1. The second-order valence-electron chi connectivity index (χ2n) is 3.93. The molecule has 22 heavy (non-hydrogen) atoms. The molecule has 113 valence electrons. The maximum Gasteiger partial charge on any atom is 0.273 e. The molecule has 0 saturated carbocycles. The molecule has 0 bridgehead atoms. The van der Waals surface area contributed by atoms with Crippen molar-refractivity contribution >= 4 is 49.6 Å². The number of hydrogen-bond donors (Lipinski definition) is 1. The van der Waals surface area contributed by atoms with Crippen LogP contribution in [0.15, 0.2) is 39.1 Å². The van der Waals surface area contributed by atoms with Crippen molar-refractivity contribution in [3.63, 3.8) is 0 Å². The number of nitrogens with one attached hydrogen (secondary N) is 1. The summed E-state index contributed by atoms with van der Waals surface area (Å²) in [5, 5.41) is 2.52. The van der Waals surface area contributed by atoms with Crippen molar-refractivity contribution in [1.29, 1.82) is 0 Å². The standard InChI is InChI=1S/C12H9N4O2S4/c1-19-11-13-5-4-8(15-11)9-2-3-10(21-9)22(17,18)16-12-14-6-7-20-12/h2-5,7H,1H3,(H,14,16). The van der Waals surface area contributed by atoms with Crippen LogP contribution in [0.2, 0.25) is 0 Å². The molecule has 1 N–H and O–H groups in total. The summed E-state index contributed by atoms with van der Waals surface area (Å²) < 4.78 is 27.2. The number of thiazole rings is 1. The first-order valence-corrected chi connectivity index (χ1v) is 10.3. The number of thiophene rings is 1. The molecule has 0 aliphatic heterocycles. The van der Waals surface area contributed by atoms with E-state index in [0.717, 1.165) is 16.2 Å². The molecule has 0 atom stereocenters. The normalized spacial score (nSPS) is 11.5. The van der Waals surface area contributed by atoms with Gasteiger partial charge in [-0.15, -0.1) is 22.7 Å². The van der Waals surface area contributed by atoms with Gasteiger partial charge in [0.1, 0.15) is 10.4 Å². The summed E-state index contributed by atoms with van der Waals surface area (Å²) in [5.41, 5.74) is 0.702. The molecule has 3 aromatic heterocycles. The predicted octanol–water partition coefficient (Wildman–Crippen LogP) is 2.98. The molecule has 0 unspecified atom stereocenters. The van der Waals surface area contributed by atoms with E-state index in [1.165, 1.54) is 23.1 Å². The fraction of sp³-hybridized carbons (Fsp3) is 0.0833. The molecule has 6 nitrogen and oxygen atoms in total. The summed E-state index contributed by atoms with van der Waals surface area (Å²) in [6.45, 7) is 0. The zero-order valence-corrected chi connectivity index (χ0v) is 14.4. The van der Waals surface area contributed by atoms with Crippen molar-refractivity contribution in [3.8, 4) is 10.6 Å². The van der Waals surface area contributed by atoms with E-state index in [1.54, 1.807) is 29.8 Å². The van der Waals surface area contributed by atoms with Crippen molar-refractivity contribution in [2.45, 2.75) is 9.37 Å². The molecule has 0 aliphatic rings. The minimum absolute atomic E-state index is 0.210. The lowest BCUT2D eigenvalue weighted by Crippen LogP contribution is -2.10. The minimum atomic E-state index is -3.64. The van der Waals surface area contributed by atoms with E-state index in [-0.39, 0.29) is 4.21 Å². The Hall–Kier alpha value is -1.49. The molecule has 0 amide bonds. The van der Waals surface area contributed by atoms with Crippen molar-refractivity contribution in [3.05, 3.63) is 36.0 Å². The first-order valence-electron chi connectivity index (χ1n) is 5.90. The van der Waals surface area contributed by atoms with Crippen LogP contribution in [0.4, 0.5) is 5.13 Å². The molecular weight excluding hydrogens is 360 g/mol. The SMILES string of the molecule is CSc1nccc(-c2ccc(S(=O)(=O)Nc3n[c]cs3)s2)n1. The highest BCUT2D eigenvalue weighted by molar-refractivity contribution is 7.98. The van der Waals surface area contributed by atoms with Gasteiger partial charge in [-0.05, 0) is 24.5 Å². The van der Waals surface area contributed by atoms with Gasteiger partial charge in [-0.25, -0.2) is 23.4 Å². The van der Waals surface area contributed by atoms with Crippen LogP contribution >= 0.6 is 34.4 Å². The van der Waals surface area contributed by atoms with E-state index in [0.29, 0.717) is 16.0 Å². The summed E-state index contributed by atoms with van der Waals surface area (Å²) in [4.78, 5) is 13.0. The Morgan fingerprint density at radius 3 is 2.91 bits per heavy atom. The van der Waals surface area contributed by atoms with E-state index in [9.17, 15) is 8.42 Å². The largest absolute Gasteiger partial charge is 0.273 e. The molecule has 0 aromatic carbocycles. The van der Waals surface area contributed by atoms with Crippen LogP contribution in [-0.2, 0) is 10.0 Å². The monoisotopic (exact) mass is 369 g/mol. The van der Waals surface area contributed by atoms with Crippen LogP contribution < -0.4 is 4.72 Å². The number of anilines is 1. The smallest absolute Gasteiger partial charge is 0.254 e. The van der Waals surface area contributed by atoms with Gasteiger partial charge < -0.3 is 0 Å². The molecule has 0 spiro atoms. The van der Waals surface area contributed by atoms with Crippen LogP contribution in [0.25, 0.3) is 10.6 Å². The maximum atomic E-state index is 12.3. The van der Waals surface area contributed by atoms with Crippen LogP contribution in [0.1, 0.15) is 0 Å². The molecule has 0 saturated heterocycles. The van der Waals surface area contributed by atoms with Gasteiger partial charge >= 0.3 is 0 Å². The van der Waals surface area contributed by atoms with Crippen molar-refractivity contribution in [2.75, 3.05) is 11.0 Å². The van der Waals surface area contributed by atoms with Gasteiger partial charge in [-0.3, -0.25) is 4.72 Å². The summed E-state index contributed by atoms with van der Waals surface area (Å²) in [6.07, 6.45) is 6.12. The van der Waals surface area contributed by atoms with Gasteiger partial charge in [0, 0.05) is 11.6 Å². The quantitative estimate of drug-likeness (QED) is 0.550. The fourth-order valence-electron chi connectivity index (χ4n) is 1.58. The van der Waals surface area contributed by atoms with E-state index in [1.807, 2.05) is 6.26 Å². The Morgan fingerprint density at radius 2 is 2.18 bits per heavy atom. The molecular formula is C12H9N4O2S4. The Morgan fingerprint density at radius 1 is 1.32 bits per heavy atom. The van der Waals surface area contributed by atoms with Crippen molar-refractivity contribution < 1.29 is 8.42 Å². The first kappa shape index (κ1) is 15.4. The third-order valence-electron chi connectivity index (χ3n) is 2.53. The molecule has 10 heteroatoms. The highest BCUT2D eigenvalue weighted by Crippen LogP contribution is 2.31. The summed E-state index contributed by atoms with van der Waals surface area (Å²) in [6, 6.07) is 5.05. The molecule has 3 rings (SSSR count). The van der Waals surface area contributed by atoms with Gasteiger partial charge in [0.25, 0.3) is 10.0 Å². The Balaban J connectivity index is 1.89. The van der Waals surface area contributed by atoms with Crippen LogP contribution in [-0.4, -0.2) is 29.6 Å². The van der Waals surface area contributed by atoms with Gasteiger partial charge in [-0.2, -0.15) is 0 Å². The van der Waals surface area contributed by atoms with Gasteiger partial charge in [0.2, 0.25) is 0 Å². The van der Waals surface area contributed by atoms with Gasteiger partial charge in [-0.1, -0.05) is 11.8 Å². The van der Waals surface area contributed by atoms with E-state index in [4.69, 9.17) is 0 Å². The summed E-state index contributed by atoms with van der Waals surface area (Å²) in [5.74, 6) is 0. The number of thioether (sulfide) groups is 1. The van der Waals surface area contributed by atoms with Gasteiger partial charge in [0.05, 0.1) is 10.6 Å². The Labute approximate surface area is 139 Å². The fourth-order valence-corrected chi connectivity index (χ4v) is 4.95. The number of aromatic nitrogens is 3. The number of hydrogen-bond acceptors (Lipinski definition) is 8. The number of rotatable bonds is 5. The average Bonchev–Trinajstić information content (AvgIpc) is 3.18. The maximum absolute atomic E-state index is 12.3. The lowest BCUT2D eigenvalue weighted by molar-refractivity contribution is 0.603. The summed E-state index contributed by atoms with van der Waals surface area (Å²) >= 11 is 3.76. The minimum Gasteiger partial charge on any atom is -0.254 e. The first-order chi connectivity index (χ1) is 10.6. The van der Waals surface area contributed by atoms with E-state index < -0.39 is 10.0 Å². The summed E-state index contributed by atoms with van der Waals surface area (Å²) in [7, 11) is -3.64. The molecule has 1 radical (unpaired) electrons. The van der Waals surface area contributed by atoms with E-state index in [2.05, 4.69) is 25.9 Å². The Bertz CT molecular complexity index is 874. The second kappa shape index (κ2) is 6.32. The molecule has 3 heterocycles. The van der Waals surface area contributed by atoms with Crippen LogP contribution in [0.5, 0.6) is 0 Å². The van der Waals surface area contributed by atoms with Gasteiger partial charge in [0.15, 0.2) is 10.3 Å². The molecule has 0 aliphatic carbocycles. The zero-order valence-electron chi connectivity index (χ0n) is 11.2. The zero-order chi connectivity index (χ0) is 15.6. The predicted molar refractivity (Wildman–Crippen MR) is 88.9 cm³/mol. The van der Waals surface area contributed by atoms with Crippen LogP contribution in [0, 0.1) is 6.20 Å². The second-order valence-corrected chi connectivity index (χ2v) is 8.56. The number of nitrogens with zero attached hydrogens (tertiary/aromatic N) is 3. The topological polar surface area (TPSA) is 84.8 Å². The highest BCUT2D eigenvalue weighted by atomic mass is 32.2.